The van der Waals surface area contributed by atoms with E-state index < -0.39 is 0 Å². The van der Waals surface area contributed by atoms with Crippen molar-refractivity contribution in [3.05, 3.63) is 12.2 Å². The third-order valence-corrected chi connectivity index (χ3v) is 2.11. The average Bonchev–Trinajstić information content (AvgIpc) is 2.18. The van der Waals surface area contributed by atoms with Gasteiger partial charge in [-0.25, -0.2) is 0 Å². The lowest BCUT2D eigenvalue weighted by molar-refractivity contribution is -0.128. The molecule has 1 aliphatic heterocycles. The Labute approximate surface area is 83.8 Å². The van der Waals surface area contributed by atoms with E-state index in [4.69, 9.17) is 0 Å². The first-order valence-corrected chi connectivity index (χ1v) is 4.98. The first kappa shape index (κ1) is 10.8. The standard InChI is InChI=1S/C10H16N2O2/c1-2-3-6-9(13)12-8-5-4-7-11-10(8)14/h3,6,8H,2,4-5,7H2,1H3,(H,11,14)(H,12,13). The van der Waals surface area contributed by atoms with Gasteiger partial charge >= 0.3 is 0 Å². The quantitative estimate of drug-likeness (QED) is 0.640. The van der Waals surface area contributed by atoms with E-state index in [0.717, 1.165) is 25.8 Å². The van der Waals surface area contributed by atoms with E-state index in [1.165, 1.54) is 6.08 Å². The third kappa shape index (κ3) is 3.20. The first-order chi connectivity index (χ1) is 6.74. The van der Waals surface area contributed by atoms with Crippen LogP contribution in [0.1, 0.15) is 26.2 Å². The van der Waals surface area contributed by atoms with Crippen LogP contribution in [0.15, 0.2) is 12.2 Å². The number of rotatable bonds is 3. The molecule has 78 valence electrons. The van der Waals surface area contributed by atoms with Crippen molar-refractivity contribution in [3.63, 3.8) is 0 Å². The smallest absolute Gasteiger partial charge is 0.244 e. The van der Waals surface area contributed by atoms with Gasteiger partial charge < -0.3 is 10.6 Å². The summed E-state index contributed by atoms with van der Waals surface area (Å²) in [4.78, 5) is 22.5. The summed E-state index contributed by atoms with van der Waals surface area (Å²) in [7, 11) is 0. The lowest BCUT2D eigenvalue weighted by atomic mass is 10.1. The second-order valence-corrected chi connectivity index (χ2v) is 3.31. The van der Waals surface area contributed by atoms with Crippen LogP contribution in [-0.2, 0) is 9.59 Å². The van der Waals surface area contributed by atoms with Crippen molar-refractivity contribution < 1.29 is 9.59 Å². The summed E-state index contributed by atoms with van der Waals surface area (Å²) in [6.45, 7) is 2.67. The largest absolute Gasteiger partial charge is 0.354 e. The van der Waals surface area contributed by atoms with Crippen molar-refractivity contribution in [3.8, 4) is 0 Å². The molecule has 1 saturated heterocycles. The third-order valence-electron chi connectivity index (χ3n) is 2.11. The highest BCUT2D eigenvalue weighted by molar-refractivity contribution is 5.93. The van der Waals surface area contributed by atoms with Gasteiger partial charge in [0.05, 0.1) is 0 Å². The zero-order valence-electron chi connectivity index (χ0n) is 8.38. The number of carbonyl (C=O) groups excluding carboxylic acids is 2. The summed E-state index contributed by atoms with van der Waals surface area (Å²) < 4.78 is 0. The van der Waals surface area contributed by atoms with Gasteiger partial charge in [-0.3, -0.25) is 9.59 Å². The summed E-state index contributed by atoms with van der Waals surface area (Å²) >= 11 is 0. The Kier molecular flexibility index (Phi) is 4.16. The van der Waals surface area contributed by atoms with E-state index in [1.54, 1.807) is 6.08 Å². The number of amides is 2. The zero-order valence-corrected chi connectivity index (χ0v) is 8.38. The number of nitrogens with one attached hydrogen (secondary N) is 2. The molecule has 2 N–H and O–H groups in total. The van der Waals surface area contributed by atoms with Crippen LogP contribution in [0.5, 0.6) is 0 Å². The van der Waals surface area contributed by atoms with Crippen LogP contribution in [-0.4, -0.2) is 24.4 Å². The molecule has 0 spiro atoms. The summed E-state index contributed by atoms with van der Waals surface area (Å²) in [5.41, 5.74) is 0. The predicted octanol–water partition coefficient (Wildman–Crippen LogP) is 0.347. The van der Waals surface area contributed by atoms with Gasteiger partial charge in [-0.1, -0.05) is 13.0 Å². The molecule has 1 fully saturated rings. The maximum Gasteiger partial charge on any atom is 0.244 e. The van der Waals surface area contributed by atoms with Crippen LogP contribution in [0.2, 0.25) is 0 Å². The van der Waals surface area contributed by atoms with Gasteiger partial charge in [-0.15, -0.1) is 0 Å². The number of piperidine rings is 1. The SMILES string of the molecule is CCC=CC(=O)NC1CCCNC1=O. The number of hydrogen-bond acceptors (Lipinski definition) is 2. The van der Waals surface area contributed by atoms with Crippen LogP contribution in [0.25, 0.3) is 0 Å². The molecule has 1 atom stereocenters. The molecule has 0 aliphatic carbocycles. The lowest BCUT2D eigenvalue weighted by Gasteiger charge is -2.21. The summed E-state index contributed by atoms with van der Waals surface area (Å²) in [6, 6.07) is -0.349. The lowest BCUT2D eigenvalue weighted by Crippen LogP contribution is -2.49. The molecule has 4 nitrogen and oxygen atoms in total. The Morgan fingerprint density at radius 2 is 2.50 bits per heavy atom. The van der Waals surface area contributed by atoms with Gasteiger partial charge in [-0.05, 0) is 25.3 Å². The summed E-state index contributed by atoms with van der Waals surface area (Å²) in [5.74, 6) is -0.261. The molecule has 1 heterocycles. The number of hydrogen-bond donors (Lipinski definition) is 2. The monoisotopic (exact) mass is 196 g/mol. The minimum Gasteiger partial charge on any atom is -0.354 e. The fourth-order valence-corrected chi connectivity index (χ4v) is 1.35. The Bertz CT molecular complexity index is 249. The molecule has 0 radical (unpaired) electrons. The van der Waals surface area contributed by atoms with Crippen LogP contribution in [0, 0.1) is 0 Å². The Morgan fingerprint density at radius 3 is 3.14 bits per heavy atom. The molecule has 1 rings (SSSR count). The summed E-state index contributed by atoms with van der Waals surface area (Å²) in [6.07, 6.45) is 5.73. The topological polar surface area (TPSA) is 58.2 Å². The van der Waals surface area contributed by atoms with E-state index in [9.17, 15) is 9.59 Å². The molecular formula is C10H16N2O2. The molecule has 14 heavy (non-hydrogen) atoms. The summed E-state index contributed by atoms with van der Waals surface area (Å²) in [5, 5.41) is 5.38. The van der Waals surface area contributed by atoms with Crippen LogP contribution in [0.3, 0.4) is 0 Å². The average molecular weight is 196 g/mol. The number of allylic oxidation sites excluding steroid dienone is 1. The van der Waals surface area contributed by atoms with E-state index in [0.29, 0.717) is 0 Å². The number of carbonyl (C=O) groups is 2. The molecule has 1 aliphatic rings. The van der Waals surface area contributed by atoms with E-state index >= 15 is 0 Å². The zero-order chi connectivity index (χ0) is 10.4. The Balaban J connectivity index is 2.38. The molecule has 4 heteroatoms. The second kappa shape index (κ2) is 5.42. The second-order valence-electron chi connectivity index (χ2n) is 3.31. The van der Waals surface area contributed by atoms with Gasteiger partial charge in [0.15, 0.2) is 0 Å². The van der Waals surface area contributed by atoms with Crippen LogP contribution in [0.4, 0.5) is 0 Å². The van der Waals surface area contributed by atoms with Crippen LogP contribution < -0.4 is 10.6 Å². The molecule has 0 saturated carbocycles. The molecule has 1 unspecified atom stereocenters. The van der Waals surface area contributed by atoms with Gasteiger partial charge in [0.2, 0.25) is 11.8 Å². The highest BCUT2D eigenvalue weighted by Gasteiger charge is 2.22. The molecule has 0 aromatic rings. The molecule has 0 bridgehead atoms. The molecule has 0 aromatic heterocycles. The fourth-order valence-electron chi connectivity index (χ4n) is 1.35. The van der Waals surface area contributed by atoms with Gasteiger partial charge in [0.1, 0.15) is 6.04 Å². The van der Waals surface area contributed by atoms with Crippen molar-refractivity contribution >= 4 is 11.8 Å². The van der Waals surface area contributed by atoms with Crippen LogP contribution >= 0.6 is 0 Å². The van der Waals surface area contributed by atoms with Crippen molar-refractivity contribution in [2.45, 2.75) is 32.2 Å². The molecular weight excluding hydrogens is 180 g/mol. The minimum atomic E-state index is -0.349. The van der Waals surface area contributed by atoms with Crippen molar-refractivity contribution in [1.29, 1.82) is 0 Å². The van der Waals surface area contributed by atoms with Crippen molar-refractivity contribution in [2.75, 3.05) is 6.54 Å². The van der Waals surface area contributed by atoms with E-state index in [1.807, 2.05) is 6.92 Å². The molecule has 2 amide bonds. The Hall–Kier alpha value is -1.32. The van der Waals surface area contributed by atoms with Crippen molar-refractivity contribution in [1.82, 2.24) is 10.6 Å². The van der Waals surface area contributed by atoms with Crippen molar-refractivity contribution in [2.24, 2.45) is 0 Å². The normalized spacial score (nSPS) is 22.1. The predicted molar refractivity (Wildman–Crippen MR) is 53.6 cm³/mol. The first-order valence-electron chi connectivity index (χ1n) is 4.98. The Morgan fingerprint density at radius 1 is 1.71 bits per heavy atom. The van der Waals surface area contributed by atoms with E-state index in [2.05, 4.69) is 10.6 Å². The maximum absolute atomic E-state index is 11.3. The highest BCUT2D eigenvalue weighted by atomic mass is 16.2. The van der Waals surface area contributed by atoms with E-state index in [-0.39, 0.29) is 17.9 Å². The fraction of sp³-hybridized carbons (Fsp3) is 0.600. The molecule has 0 aromatic carbocycles. The minimum absolute atomic E-state index is 0.0745. The highest BCUT2D eigenvalue weighted by Crippen LogP contribution is 2.02. The van der Waals surface area contributed by atoms with Gasteiger partial charge in [0, 0.05) is 6.54 Å². The van der Waals surface area contributed by atoms with Gasteiger partial charge in [0.25, 0.3) is 0 Å². The van der Waals surface area contributed by atoms with Gasteiger partial charge in [-0.2, -0.15) is 0 Å². The maximum atomic E-state index is 11.3.